The second-order valence-electron chi connectivity index (χ2n) is 5.95. The first-order chi connectivity index (χ1) is 12.4. The number of hydrogen-bond donors (Lipinski definition) is 1. The first kappa shape index (κ1) is 17.9. The van der Waals surface area contributed by atoms with E-state index in [1.54, 1.807) is 54.2 Å². The highest BCUT2D eigenvalue weighted by atomic mass is 35.5. The van der Waals surface area contributed by atoms with E-state index < -0.39 is 6.10 Å². The number of pyridine rings is 1. The molecule has 134 valence electrons. The molecule has 26 heavy (non-hydrogen) atoms. The molecule has 6 nitrogen and oxygen atoms in total. The van der Waals surface area contributed by atoms with Gasteiger partial charge in [0.1, 0.15) is 5.75 Å². The van der Waals surface area contributed by atoms with Crippen LogP contribution in [0.15, 0.2) is 48.7 Å². The molecule has 1 atom stereocenters. The molecule has 0 saturated heterocycles. The largest absolute Gasteiger partial charge is 0.481 e. The van der Waals surface area contributed by atoms with Gasteiger partial charge in [-0.15, -0.1) is 0 Å². The van der Waals surface area contributed by atoms with Crippen molar-refractivity contribution in [2.24, 2.45) is 0 Å². The normalized spacial score (nSPS) is 11.8. The van der Waals surface area contributed by atoms with E-state index >= 15 is 0 Å². The van der Waals surface area contributed by atoms with Crippen molar-refractivity contribution in [1.29, 1.82) is 0 Å². The molecule has 0 aliphatic heterocycles. The van der Waals surface area contributed by atoms with E-state index in [0.717, 1.165) is 11.4 Å². The van der Waals surface area contributed by atoms with E-state index in [1.165, 1.54) is 0 Å². The molecule has 0 radical (unpaired) electrons. The van der Waals surface area contributed by atoms with Crippen molar-refractivity contribution in [2.75, 3.05) is 5.32 Å². The molecule has 0 saturated carbocycles. The third-order valence-electron chi connectivity index (χ3n) is 3.72. The Balaban J connectivity index is 1.64. The summed E-state index contributed by atoms with van der Waals surface area (Å²) >= 11 is 5.92. The highest BCUT2D eigenvalue weighted by Gasteiger charge is 2.15. The quantitative estimate of drug-likeness (QED) is 0.738. The van der Waals surface area contributed by atoms with Crippen molar-refractivity contribution in [3.05, 3.63) is 65.1 Å². The number of carbonyl (C=O) groups is 1. The molecule has 1 amide bonds. The van der Waals surface area contributed by atoms with Crippen LogP contribution in [0.4, 0.5) is 5.69 Å². The van der Waals surface area contributed by atoms with E-state index in [1.807, 2.05) is 19.9 Å². The summed E-state index contributed by atoms with van der Waals surface area (Å²) in [4.78, 5) is 16.7. The number of rotatable bonds is 5. The monoisotopic (exact) mass is 370 g/mol. The van der Waals surface area contributed by atoms with Gasteiger partial charge in [0.05, 0.1) is 17.6 Å². The average Bonchev–Trinajstić information content (AvgIpc) is 2.94. The molecule has 3 aromatic rings. The molecule has 1 unspecified atom stereocenters. The van der Waals surface area contributed by atoms with Crippen LogP contribution in [0.2, 0.25) is 5.02 Å². The number of ether oxygens (including phenoxy) is 1. The summed E-state index contributed by atoms with van der Waals surface area (Å²) in [6.45, 7) is 5.57. The highest BCUT2D eigenvalue weighted by molar-refractivity contribution is 6.30. The Morgan fingerprint density at radius 1 is 1.23 bits per heavy atom. The maximum absolute atomic E-state index is 12.3. The van der Waals surface area contributed by atoms with Crippen LogP contribution in [0.3, 0.4) is 0 Å². The summed E-state index contributed by atoms with van der Waals surface area (Å²) < 4.78 is 7.37. The number of anilines is 1. The second kappa shape index (κ2) is 7.58. The molecular weight excluding hydrogens is 352 g/mol. The third kappa shape index (κ3) is 4.21. The molecular formula is C19H19ClN4O2. The zero-order valence-corrected chi connectivity index (χ0v) is 15.5. The van der Waals surface area contributed by atoms with Gasteiger partial charge in [-0.05, 0) is 57.2 Å². The van der Waals surface area contributed by atoms with E-state index in [0.29, 0.717) is 22.3 Å². The van der Waals surface area contributed by atoms with Gasteiger partial charge in [0.15, 0.2) is 11.9 Å². The number of aromatic nitrogens is 3. The van der Waals surface area contributed by atoms with Crippen molar-refractivity contribution in [3.63, 3.8) is 0 Å². The molecule has 0 fully saturated rings. The van der Waals surface area contributed by atoms with Gasteiger partial charge in [0.25, 0.3) is 5.91 Å². The standard InChI is InChI=1S/C19H19ClN4O2/c1-12-9-13(2)24(23-12)18-8-7-16(11-21-18)22-19(25)14(3)26-17-6-4-5-15(20)10-17/h4-11,14H,1-3H3,(H,22,25). The van der Waals surface area contributed by atoms with E-state index in [4.69, 9.17) is 16.3 Å². The molecule has 0 aliphatic rings. The number of halogens is 1. The number of nitrogens with zero attached hydrogens (tertiary/aromatic N) is 3. The highest BCUT2D eigenvalue weighted by Crippen LogP contribution is 2.19. The Kier molecular flexibility index (Phi) is 5.23. The lowest BCUT2D eigenvalue weighted by atomic mass is 10.3. The van der Waals surface area contributed by atoms with Crippen molar-refractivity contribution in [3.8, 4) is 11.6 Å². The van der Waals surface area contributed by atoms with Gasteiger partial charge in [-0.1, -0.05) is 17.7 Å². The van der Waals surface area contributed by atoms with Crippen molar-refractivity contribution < 1.29 is 9.53 Å². The average molecular weight is 371 g/mol. The van der Waals surface area contributed by atoms with E-state index in [9.17, 15) is 4.79 Å². The van der Waals surface area contributed by atoms with Gasteiger partial charge in [-0.25, -0.2) is 9.67 Å². The fourth-order valence-electron chi connectivity index (χ4n) is 2.49. The Labute approximate surface area is 156 Å². The van der Waals surface area contributed by atoms with E-state index in [2.05, 4.69) is 15.4 Å². The molecule has 2 aromatic heterocycles. The van der Waals surface area contributed by atoms with Crippen LogP contribution >= 0.6 is 11.6 Å². The topological polar surface area (TPSA) is 69.0 Å². The van der Waals surface area contributed by atoms with Crippen LogP contribution in [0.1, 0.15) is 18.3 Å². The minimum Gasteiger partial charge on any atom is -0.481 e. The number of aryl methyl sites for hydroxylation is 2. The summed E-state index contributed by atoms with van der Waals surface area (Å²) in [6.07, 6.45) is 0.916. The van der Waals surface area contributed by atoms with Gasteiger partial charge >= 0.3 is 0 Å². The maximum atomic E-state index is 12.3. The summed E-state index contributed by atoms with van der Waals surface area (Å²) in [5.41, 5.74) is 2.51. The number of amides is 1. The molecule has 1 N–H and O–H groups in total. The Morgan fingerprint density at radius 2 is 2.04 bits per heavy atom. The maximum Gasteiger partial charge on any atom is 0.265 e. The lowest BCUT2D eigenvalue weighted by Crippen LogP contribution is -2.30. The number of hydrogen-bond acceptors (Lipinski definition) is 4. The zero-order chi connectivity index (χ0) is 18.7. The molecule has 0 aliphatic carbocycles. The first-order valence-corrected chi connectivity index (χ1v) is 8.53. The zero-order valence-electron chi connectivity index (χ0n) is 14.7. The van der Waals surface area contributed by atoms with Crippen molar-refractivity contribution in [2.45, 2.75) is 26.9 Å². The Hall–Kier alpha value is -2.86. The van der Waals surface area contributed by atoms with Crippen LogP contribution in [0.25, 0.3) is 5.82 Å². The number of benzene rings is 1. The molecule has 3 rings (SSSR count). The Morgan fingerprint density at radius 3 is 2.65 bits per heavy atom. The van der Waals surface area contributed by atoms with Gasteiger partial charge < -0.3 is 10.1 Å². The minimum atomic E-state index is -0.677. The fraction of sp³-hybridized carbons (Fsp3) is 0.211. The van der Waals surface area contributed by atoms with Crippen LogP contribution in [-0.4, -0.2) is 26.8 Å². The molecule has 2 heterocycles. The predicted octanol–water partition coefficient (Wildman–Crippen LogP) is 3.94. The second-order valence-corrected chi connectivity index (χ2v) is 6.39. The molecule has 0 spiro atoms. The smallest absolute Gasteiger partial charge is 0.265 e. The van der Waals surface area contributed by atoms with Crippen molar-refractivity contribution >= 4 is 23.2 Å². The minimum absolute atomic E-state index is 0.273. The lowest BCUT2D eigenvalue weighted by Gasteiger charge is -2.15. The molecule has 7 heteroatoms. The van der Waals surface area contributed by atoms with Gasteiger partial charge in [0.2, 0.25) is 0 Å². The fourth-order valence-corrected chi connectivity index (χ4v) is 2.67. The van der Waals surface area contributed by atoms with Gasteiger partial charge in [-0.2, -0.15) is 5.10 Å². The van der Waals surface area contributed by atoms with Crippen molar-refractivity contribution in [1.82, 2.24) is 14.8 Å². The van der Waals surface area contributed by atoms with Crippen LogP contribution in [0, 0.1) is 13.8 Å². The summed E-state index contributed by atoms with van der Waals surface area (Å²) in [5.74, 6) is 0.959. The summed E-state index contributed by atoms with van der Waals surface area (Å²) in [5, 5.41) is 7.73. The Bertz CT molecular complexity index is 922. The van der Waals surface area contributed by atoms with Crippen LogP contribution in [-0.2, 0) is 4.79 Å². The number of nitrogens with one attached hydrogen (secondary N) is 1. The number of carbonyl (C=O) groups excluding carboxylic acids is 1. The predicted molar refractivity (Wildman–Crippen MR) is 101 cm³/mol. The molecule has 1 aromatic carbocycles. The van der Waals surface area contributed by atoms with Crippen LogP contribution < -0.4 is 10.1 Å². The summed E-state index contributed by atoms with van der Waals surface area (Å²) in [6, 6.07) is 12.5. The van der Waals surface area contributed by atoms with E-state index in [-0.39, 0.29) is 5.91 Å². The molecule has 0 bridgehead atoms. The van der Waals surface area contributed by atoms with Gasteiger partial charge in [-0.3, -0.25) is 4.79 Å². The third-order valence-corrected chi connectivity index (χ3v) is 3.96. The lowest BCUT2D eigenvalue weighted by molar-refractivity contribution is -0.122. The first-order valence-electron chi connectivity index (χ1n) is 8.15. The summed E-state index contributed by atoms with van der Waals surface area (Å²) in [7, 11) is 0. The van der Waals surface area contributed by atoms with Crippen LogP contribution in [0.5, 0.6) is 5.75 Å². The van der Waals surface area contributed by atoms with Gasteiger partial charge in [0, 0.05) is 10.7 Å². The SMILES string of the molecule is Cc1cc(C)n(-c2ccc(NC(=O)C(C)Oc3cccc(Cl)c3)cn2)n1.